The Labute approximate surface area is 204 Å². The monoisotopic (exact) mass is 474 g/mol. The van der Waals surface area contributed by atoms with Crippen molar-refractivity contribution in [3.05, 3.63) is 100 Å². The van der Waals surface area contributed by atoms with Crippen molar-refractivity contribution in [1.29, 1.82) is 0 Å². The summed E-state index contributed by atoms with van der Waals surface area (Å²) in [7, 11) is 1.63. The number of nitrogens with one attached hydrogen (secondary N) is 2. The molecule has 0 atom stereocenters. The molecule has 0 spiro atoms. The third kappa shape index (κ3) is 5.67. The SMILES string of the molecule is COc1ccc2c(c1)/C(=C/C(=O)c1ccc(NC(=O)Cc3ccc(Cl)cc3)cc1)NC(C)(C)C2. The zero-order valence-electron chi connectivity index (χ0n) is 19.4. The van der Waals surface area contributed by atoms with Crippen molar-refractivity contribution < 1.29 is 14.3 Å². The van der Waals surface area contributed by atoms with Gasteiger partial charge in [0.05, 0.1) is 13.5 Å². The number of amides is 1. The Morgan fingerprint density at radius 1 is 1.06 bits per heavy atom. The first-order valence-electron chi connectivity index (χ1n) is 11.1. The highest BCUT2D eigenvalue weighted by Gasteiger charge is 2.28. The molecule has 0 aliphatic carbocycles. The van der Waals surface area contributed by atoms with Gasteiger partial charge in [-0.2, -0.15) is 0 Å². The van der Waals surface area contributed by atoms with Crippen LogP contribution < -0.4 is 15.4 Å². The van der Waals surface area contributed by atoms with Crippen LogP contribution in [-0.4, -0.2) is 24.3 Å². The van der Waals surface area contributed by atoms with E-state index in [9.17, 15) is 9.59 Å². The topological polar surface area (TPSA) is 67.4 Å². The Kier molecular flexibility index (Phi) is 6.75. The quantitative estimate of drug-likeness (QED) is 0.356. The molecule has 3 aromatic rings. The van der Waals surface area contributed by atoms with Gasteiger partial charge < -0.3 is 15.4 Å². The van der Waals surface area contributed by atoms with Crippen molar-refractivity contribution in [3.8, 4) is 5.75 Å². The third-order valence-electron chi connectivity index (χ3n) is 5.72. The first-order chi connectivity index (χ1) is 16.2. The highest BCUT2D eigenvalue weighted by Crippen LogP contribution is 2.32. The number of carbonyl (C=O) groups is 2. The second-order valence-corrected chi connectivity index (χ2v) is 9.50. The molecule has 0 unspecified atom stereocenters. The summed E-state index contributed by atoms with van der Waals surface area (Å²) in [6.45, 7) is 4.22. The molecule has 174 valence electrons. The molecule has 1 amide bonds. The molecular weight excluding hydrogens is 448 g/mol. The van der Waals surface area contributed by atoms with Crippen LogP contribution in [0.25, 0.3) is 5.70 Å². The highest BCUT2D eigenvalue weighted by atomic mass is 35.5. The molecule has 6 heteroatoms. The van der Waals surface area contributed by atoms with Crippen molar-refractivity contribution in [2.24, 2.45) is 0 Å². The Balaban J connectivity index is 1.48. The largest absolute Gasteiger partial charge is 0.497 e. The Hall–Kier alpha value is -3.57. The molecule has 5 nitrogen and oxygen atoms in total. The molecular formula is C28H27ClN2O3. The number of benzene rings is 3. The van der Waals surface area contributed by atoms with Crippen LogP contribution in [0.5, 0.6) is 5.75 Å². The number of fused-ring (bicyclic) bond motifs is 1. The van der Waals surface area contributed by atoms with Gasteiger partial charge in [-0.15, -0.1) is 0 Å². The van der Waals surface area contributed by atoms with E-state index in [1.165, 1.54) is 5.56 Å². The number of methoxy groups -OCH3 is 1. The summed E-state index contributed by atoms with van der Waals surface area (Å²) in [4.78, 5) is 25.4. The summed E-state index contributed by atoms with van der Waals surface area (Å²) >= 11 is 5.89. The minimum Gasteiger partial charge on any atom is -0.497 e. The zero-order chi connectivity index (χ0) is 24.3. The minimum absolute atomic E-state index is 0.118. The lowest BCUT2D eigenvalue weighted by Gasteiger charge is -2.35. The molecule has 3 aromatic carbocycles. The average molecular weight is 475 g/mol. The number of hydrogen-bond donors (Lipinski definition) is 2. The van der Waals surface area contributed by atoms with E-state index < -0.39 is 0 Å². The second-order valence-electron chi connectivity index (χ2n) is 9.06. The van der Waals surface area contributed by atoms with E-state index in [1.807, 2.05) is 24.3 Å². The lowest BCUT2D eigenvalue weighted by Crippen LogP contribution is -2.43. The smallest absolute Gasteiger partial charge is 0.228 e. The number of ether oxygens (including phenoxy) is 1. The maximum atomic E-state index is 13.0. The first-order valence-corrected chi connectivity index (χ1v) is 11.5. The van der Waals surface area contributed by atoms with Crippen LogP contribution in [0.15, 0.2) is 72.8 Å². The summed E-state index contributed by atoms with van der Waals surface area (Å²) in [5.41, 5.74) is 4.79. The van der Waals surface area contributed by atoms with Crippen LogP contribution in [0.3, 0.4) is 0 Å². The van der Waals surface area contributed by atoms with Crippen LogP contribution in [0.2, 0.25) is 5.02 Å². The number of allylic oxidation sites excluding steroid dienone is 1. The maximum absolute atomic E-state index is 13.0. The van der Waals surface area contributed by atoms with Gasteiger partial charge in [0.2, 0.25) is 5.91 Å². The van der Waals surface area contributed by atoms with Gasteiger partial charge >= 0.3 is 0 Å². The van der Waals surface area contributed by atoms with E-state index in [2.05, 4.69) is 30.5 Å². The van der Waals surface area contributed by atoms with Crippen LogP contribution in [0.4, 0.5) is 5.69 Å². The number of ketones is 1. The zero-order valence-corrected chi connectivity index (χ0v) is 20.2. The molecule has 0 fully saturated rings. The van der Waals surface area contributed by atoms with Crippen molar-refractivity contribution in [3.63, 3.8) is 0 Å². The molecule has 0 saturated heterocycles. The molecule has 34 heavy (non-hydrogen) atoms. The van der Waals surface area contributed by atoms with Crippen molar-refractivity contribution in [2.75, 3.05) is 12.4 Å². The molecule has 0 aromatic heterocycles. The van der Waals surface area contributed by atoms with Crippen LogP contribution in [0, 0.1) is 0 Å². The first kappa shape index (κ1) is 23.6. The van der Waals surface area contributed by atoms with Crippen molar-refractivity contribution in [1.82, 2.24) is 5.32 Å². The molecule has 4 rings (SSSR count). The van der Waals surface area contributed by atoms with Crippen LogP contribution >= 0.6 is 11.6 Å². The van der Waals surface area contributed by atoms with E-state index in [4.69, 9.17) is 16.3 Å². The summed E-state index contributed by atoms with van der Waals surface area (Å²) in [6.07, 6.45) is 2.73. The van der Waals surface area contributed by atoms with Gasteiger partial charge in [0, 0.05) is 39.1 Å². The van der Waals surface area contributed by atoms with E-state index in [0.717, 1.165) is 29.0 Å². The maximum Gasteiger partial charge on any atom is 0.228 e. The number of halogens is 1. The van der Waals surface area contributed by atoms with Crippen LogP contribution in [-0.2, 0) is 17.6 Å². The molecule has 1 aliphatic rings. The fourth-order valence-electron chi connectivity index (χ4n) is 4.08. The minimum atomic E-state index is -0.175. The number of rotatable bonds is 6. The van der Waals surface area contributed by atoms with Gasteiger partial charge in [-0.25, -0.2) is 0 Å². The van der Waals surface area contributed by atoms with E-state index in [1.54, 1.807) is 49.6 Å². The summed E-state index contributed by atoms with van der Waals surface area (Å²) in [5.74, 6) is 0.494. The van der Waals surface area contributed by atoms with Gasteiger partial charge in [-0.3, -0.25) is 9.59 Å². The van der Waals surface area contributed by atoms with Gasteiger partial charge in [-0.05, 0) is 79.9 Å². The number of anilines is 1. The highest BCUT2D eigenvalue weighted by molar-refractivity contribution is 6.30. The van der Waals surface area contributed by atoms with Gasteiger partial charge in [0.1, 0.15) is 5.75 Å². The van der Waals surface area contributed by atoms with Crippen LogP contribution in [0.1, 0.15) is 40.9 Å². The second kappa shape index (κ2) is 9.74. The number of hydrogen-bond acceptors (Lipinski definition) is 4. The molecule has 0 radical (unpaired) electrons. The van der Waals surface area contributed by atoms with Gasteiger partial charge in [-0.1, -0.05) is 29.8 Å². The van der Waals surface area contributed by atoms with Gasteiger partial charge in [0.25, 0.3) is 0 Å². The predicted molar refractivity (Wildman–Crippen MR) is 136 cm³/mol. The summed E-state index contributed by atoms with van der Waals surface area (Å²) in [5, 5.41) is 6.98. The van der Waals surface area contributed by atoms with E-state index >= 15 is 0 Å². The number of carbonyl (C=O) groups excluding carboxylic acids is 2. The fourth-order valence-corrected chi connectivity index (χ4v) is 4.20. The lowest BCUT2D eigenvalue weighted by atomic mass is 9.85. The molecule has 1 aliphatic heterocycles. The van der Waals surface area contributed by atoms with Gasteiger partial charge in [0.15, 0.2) is 5.78 Å². The molecule has 1 heterocycles. The summed E-state index contributed by atoms with van der Waals surface area (Å²) in [6, 6.07) is 20.0. The molecule has 0 saturated carbocycles. The normalized spacial score (nSPS) is 15.2. The lowest BCUT2D eigenvalue weighted by molar-refractivity contribution is -0.115. The Morgan fingerprint density at radius 3 is 2.44 bits per heavy atom. The van der Waals surface area contributed by atoms with E-state index in [-0.39, 0.29) is 23.7 Å². The molecule has 0 bridgehead atoms. The molecule has 2 N–H and O–H groups in total. The predicted octanol–water partition coefficient (Wildman–Crippen LogP) is 5.68. The van der Waals surface area contributed by atoms with Crippen molar-refractivity contribution in [2.45, 2.75) is 32.2 Å². The Bertz CT molecular complexity index is 1250. The van der Waals surface area contributed by atoms with E-state index in [0.29, 0.717) is 16.3 Å². The average Bonchev–Trinajstić information content (AvgIpc) is 2.80. The third-order valence-corrected chi connectivity index (χ3v) is 5.97. The Morgan fingerprint density at radius 2 is 1.76 bits per heavy atom. The standard InChI is InChI=1S/C28H27ClN2O3/c1-28(2)17-20-8-13-23(34-3)15-24(20)25(31-28)16-26(32)19-6-11-22(12-7-19)30-27(33)14-18-4-9-21(29)10-5-18/h4-13,15-16,31H,14,17H2,1-3H3,(H,30,33)/b25-16-. The fraction of sp³-hybridized carbons (Fsp3) is 0.214. The summed E-state index contributed by atoms with van der Waals surface area (Å²) < 4.78 is 5.38. The van der Waals surface area contributed by atoms with Crippen molar-refractivity contribution >= 4 is 34.7 Å².